The fourth-order valence-corrected chi connectivity index (χ4v) is 3.58. The van der Waals surface area contributed by atoms with Gasteiger partial charge in [-0.15, -0.1) is 10.2 Å². The molecule has 5 rings (SSSR count). The molecule has 0 unspecified atom stereocenters. The molecule has 2 heterocycles. The Kier molecular flexibility index (Phi) is 4.72. The van der Waals surface area contributed by atoms with Crippen LogP contribution in [0.1, 0.15) is 11.3 Å². The number of amides is 1. The molecule has 0 spiro atoms. The first-order valence-corrected chi connectivity index (χ1v) is 9.94. The van der Waals surface area contributed by atoms with Gasteiger partial charge in [0.25, 0.3) is 0 Å². The third kappa shape index (κ3) is 3.67. The summed E-state index contributed by atoms with van der Waals surface area (Å²) in [7, 11) is 0. The van der Waals surface area contributed by atoms with Gasteiger partial charge in [-0.05, 0) is 30.7 Å². The topological polar surface area (TPSA) is 72.2 Å². The molecule has 0 fully saturated rings. The van der Waals surface area contributed by atoms with Crippen LogP contribution in [0.4, 0.5) is 5.69 Å². The SMILES string of the molecule is Cc1nn2c(-c3cccc(NC(=O)C=Cc4ccccc4)c3)nnc2c2ccccc12. The summed E-state index contributed by atoms with van der Waals surface area (Å²) in [6, 6.07) is 25.2. The Morgan fingerprint density at radius 2 is 1.68 bits per heavy atom. The third-order valence-electron chi connectivity index (χ3n) is 5.06. The van der Waals surface area contributed by atoms with Gasteiger partial charge in [-0.3, -0.25) is 4.79 Å². The van der Waals surface area contributed by atoms with E-state index in [-0.39, 0.29) is 5.91 Å². The molecule has 150 valence electrons. The number of hydrogen-bond acceptors (Lipinski definition) is 4. The Bertz CT molecular complexity index is 1440. The molecule has 0 atom stereocenters. The van der Waals surface area contributed by atoms with Crippen LogP contribution in [-0.4, -0.2) is 25.7 Å². The van der Waals surface area contributed by atoms with Crippen molar-refractivity contribution in [2.45, 2.75) is 6.92 Å². The van der Waals surface area contributed by atoms with Crippen molar-refractivity contribution in [3.63, 3.8) is 0 Å². The van der Waals surface area contributed by atoms with E-state index in [0.717, 1.165) is 27.6 Å². The van der Waals surface area contributed by atoms with Crippen molar-refractivity contribution in [2.75, 3.05) is 5.32 Å². The number of rotatable bonds is 4. The molecular formula is C25H19N5O. The Morgan fingerprint density at radius 1 is 0.903 bits per heavy atom. The Balaban J connectivity index is 1.46. The van der Waals surface area contributed by atoms with Gasteiger partial charge in [0.1, 0.15) is 0 Å². The number of aryl methyl sites for hydroxylation is 1. The van der Waals surface area contributed by atoms with Crippen molar-refractivity contribution in [1.29, 1.82) is 0 Å². The quantitative estimate of drug-likeness (QED) is 0.432. The second-order valence-electron chi connectivity index (χ2n) is 7.20. The molecule has 2 aromatic heterocycles. The number of carbonyl (C=O) groups is 1. The fraction of sp³-hybridized carbons (Fsp3) is 0.0400. The van der Waals surface area contributed by atoms with E-state index in [2.05, 4.69) is 20.6 Å². The van der Waals surface area contributed by atoms with Crippen LogP contribution >= 0.6 is 0 Å². The summed E-state index contributed by atoms with van der Waals surface area (Å²) >= 11 is 0. The zero-order valence-electron chi connectivity index (χ0n) is 16.9. The lowest BCUT2D eigenvalue weighted by Crippen LogP contribution is -2.07. The minimum Gasteiger partial charge on any atom is -0.322 e. The highest BCUT2D eigenvalue weighted by Gasteiger charge is 2.14. The van der Waals surface area contributed by atoms with Crippen molar-refractivity contribution in [3.05, 3.63) is 96.2 Å². The van der Waals surface area contributed by atoms with Crippen LogP contribution in [0.15, 0.2) is 84.9 Å². The monoisotopic (exact) mass is 405 g/mol. The number of nitrogens with zero attached hydrogens (tertiary/aromatic N) is 4. The lowest BCUT2D eigenvalue weighted by molar-refractivity contribution is -0.111. The van der Waals surface area contributed by atoms with E-state index in [1.54, 1.807) is 10.6 Å². The highest BCUT2D eigenvalue weighted by molar-refractivity contribution is 6.02. The van der Waals surface area contributed by atoms with Crippen LogP contribution in [0.25, 0.3) is 33.9 Å². The molecule has 1 amide bonds. The molecule has 0 aliphatic rings. The molecule has 5 aromatic rings. The molecular weight excluding hydrogens is 386 g/mol. The second kappa shape index (κ2) is 7.84. The summed E-state index contributed by atoms with van der Waals surface area (Å²) in [5, 5.41) is 18.4. The van der Waals surface area contributed by atoms with E-state index in [0.29, 0.717) is 17.2 Å². The average Bonchev–Trinajstić information content (AvgIpc) is 3.23. The minimum absolute atomic E-state index is 0.202. The molecule has 0 aliphatic heterocycles. The number of carbonyl (C=O) groups excluding carboxylic acids is 1. The predicted molar refractivity (Wildman–Crippen MR) is 123 cm³/mol. The van der Waals surface area contributed by atoms with E-state index in [1.165, 1.54) is 6.08 Å². The van der Waals surface area contributed by atoms with Gasteiger partial charge in [-0.25, -0.2) is 0 Å². The van der Waals surface area contributed by atoms with Gasteiger partial charge < -0.3 is 5.32 Å². The summed E-state index contributed by atoms with van der Waals surface area (Å²) in [6.45, 7) is 1.97. The Labute approximate surface area is 178 Å². The largest absolute Gasteiger partial charge is 0.322 e. The van der Waals surface area contributed by atoms with Crippen LogP contribution in [0.2, 0.25) is 0 Å². The lowest BCUT2D eigenvalue weighted by atomic mass is 10.1. The zero-order valence-corrected chi connectivity index (χ0v) is 16.9. The zero-order chi connectivity index (χ0) is 21.2. The summed E-state index contributed by atoms with van der Waals surface area (Å²) in [5.74, 6) is 0.423. The van der Waals surface area contributed by atoms with Crippen molar-refractivity contribution >= 4 is 34.1 Å². The van der Waals surface area contributed by atoms with E-state index >= 15 is 0 Å². The van der Waals surface area contributed by atoms with E-state index in [4.69, 9.17) is 0 Å². The van der Waals surface area contributed by atoms with Gasteiger partial charge in [0.05, 0.1) is 5.69 Å². The van der Waals surface area contributed by atoms with E-state index in [9.17, 15) is 4.79 Å². The lowest BCUT2D eigenvalue weighted by Gasteiger charge is -2.07. The molecule has 0 bridgehead atoms. The van der Waals surface area contributed by atoms with Gasteiger partial charge in [0.2, 0.25) is 5.91 Å². The minimum atomic E-state index is -0.202. The summed E-state index contributed by atoms with van der Waals surface area (Å²) in [5.41, 5.74) is 4.07. The van der Waals surface area contributed by atoms with Gasteiger partial charge in [-0.2, -0.15) is 9.61 Å². The molecule has 3 aromatic carbocycles. The molecule has 1 N–H and O–H groups in total. The maximum Gasteiger partial charge on any atom is 0.248 e. The van der Waals surface area contributed by atoms with Gasteiger partial charge in [0.15, 0.2) is 11.5 Å². The normalized spacial score (nSPS) is 11.4. The van der Waals surface area contributed by atoms with Crippen LogP contribution in [0, 0.1) is 6.92 Å². The van der Waals surface area contributed by atoms with E-state index in [1.807, 2.05) is 85.8 Å². The van der Waals surface area contributed by atoms with Crippen LogP contribution < -0.4 is 5.32 Å². The predicted octanol–water partition coefficient (Wildman–Crippen LogP) is 4.90. The molecule has 0 radical (unpaired) electrons. The molecule has 6 heteroatoms. The highest BCUT2D eigenvalue weighted by Crippen LogP contribution is 2.26. The number of benzene rings is 3. The Morgan fingerprint density at radius 3 is 2.52 bits per heavy atom. The van der Waals surface area contributed by atoms with Crippen LogP contribution in [0.3, 0.4) is 0 Å². The smallest absolute Gasteiger partial charge is 0.248 e. The molecule has 0 saturated heterocycles. The third-order valence-corrected chi connectivity index (χ3v) is 5.06. The molecule has 6 nitrogen and oxygen atoms in total. The van der Waals surface area contributed by atoms with Crippen LogP contribution in [-0.2, 0) is 4.79 Å². The number of anilines is 1. The summed E-state index contributed by atoms with van der Waals surface area (Å²) < 4.78 is 1.76. The first kappa shape index (κ1) is 18.7. The summed E-state index contributed by atoms with van der Waals surface area (Å²) in [6.07, 6.45) is 3.30. The first-order chi connectivity index (χ1) is 15.2. The van der Waals surface area contributed by atoms with Crippen molar-refractivity contribution in [1.82, 2.24) is 19.8 Å². The molecule has 0 aliphatic carbocycles. The van der Waals surface area contributed by atoms with E-state index < -0.39 is 0 Å². The highest BCUT2D eigenvalue weighted by atomic mass is 16.1. The van der Waals surface area contributed by atoms with Crippen LogP contribution in [0.5, 0.6) is 0 Å². The first-order valence-electron chi connectivity index (χ1n) is 9.94. The maximum atomic E-state index is 12.3. The van der Waals surface area contributed by atoms with Gasteiger partial charge in [-0.1, -0.05) is 66.7 Å². The number of fused-ring (bicyclic) bond motifs is 3. The molecule has 0 saturated carbocycles. The number of hydrogen-bond donors (Lipinski definition) is 1. The van der Waals surface area contributed by atoms with Crippen molar-refractivity contribution in [3.8, 4) is 11.4 Å². The van der Waals surface area contributed by atoms with Gasteiger partial charge >= 0.3 is 0 Å². The fourth-order valence-electron chi connectivity index (χ4n) is 3.58. The second-order valence-corrected chi connectivity index (χ2v) is 7.20. The number of aromatic nitrogens is 4. The number of nitrogens with one attached hydrogen (secondary N) is 1. The standard InChI is InChI=1S/C25H19N5O/c1-17-21-12-5-6-13-22(21)25-28-27-24(30(25)29-17)19-10-7-11-20(16-19)26-23(31)15-14-18-8-3-2-4-9-18/h2-16H,1H3,(H,26,31). The molecule has 31 heavy (non-hydrogen) atoms. The van der Waals surface area contributed by atoms with Gasteiger partial charge in [0, 0.05) is 28.1 Å². The maximum absolute atomic E-state index is 12.3. The summed E-state index contributed by atoms with van der Waals surface area (Å²) in [4.78, 5) is 12.3. The van der Waals surface area contributed by atoms with Crippen molar-refractivity contribution < 1.29 is 4.79 Å². The van der Waals surface area contributed by atoms with Crippen molar-refractivity contribution in [2.24, 2.45) is 0 Å². The average molecular weight is 405 g/mol. The Hall–Kier alpha value is -4.32.